The summed E-state index contributed by atoms with van der Waals surface area (Å²) in [5.74, 6) is -0.705. The van der Waals surface area contributed by atoms with E-state index in [-0.39, 0.29) is 16.5 Å². The van der Waals surface area contributed by atoms with E-state index in [1.54, 1.807) is 0 Å². The predicted molar refractivity (Wildman–Crippen MR) is 70.3 cm³/mol. The second-order valence-corrected chi connectivity index (χ2v) is 6.17. The maximum Gasteiger partial charge on any atom is 0.240 e. The van der Waals surface area contributed by atoms with E-state index >= 15 is 0 Å². The number of aliphatic hydroxyl groups is 1. The zero-order valence-electron chi connectivity index (χ0n) is 10.1. The minimum Gasteiger partial charge on any atom is -0.472 e. The summed E-state index contributed by atoms with van der Waals surface area (Å²) in [6.45, 7) is -0.239. The average Bonchev–Trinajstić information content (AvgIpc) is 2.93. The zero-order valence-corrected chi connectivity index (χ0v) is 11.7. The van der Waals surface area contributed by atoms with Crippen molar-refractivity contribution in [1.82, 2.24) is 4.72 Å². The van der Waals surface area contributed by atoms with Crippen molar-refractivity contribution < 1.29 is 22.3 Å². The van der Waals surface area contributed by atoms with Crippen molar-refractivity contribution >= 4 is 21.6 Å². The van der Waals surface area contributed by atoms with Crippen molar-refractivity contribution in [2.45, 2.75) is 11.0 Å². The number of furan rings is 1. The van der Waals surface area contributed by atoms with Crippen LogP contribution in [0.15, 0.2) is 46.1 Å². The standard InChI is InChI=1S/C12H11ClFNO4S/c13-10-5-9(1-2-11(10)14)20(17,18)15-6-12(16)8-3-4-19-7-8/h1-5,7,12,15-16H,6H2/t12-/m1/s1. The predicted octanol–water partition coefficient (Wildman–Crippen LogP) is 2.08. The Morgan fingerprint density at radius 1 is 1.40 bits per heavy atom. The zero-order chi connectivity index (χ0) is 14.8. The minimum atomic E-state index is -3.88. The van der Waals surface area contributed by atoms with Crippen LogP contribution in [0.5, 0.6) is 0 Å². The molecule has 0 saturated carbocycles. The Balaban J connectivity index is 2.09. The van der Waals surface area contributed by atoms with E-state index in [1.165, 1.54) is 18.6 Å². The second kappa shape index (κ2) is 5.92. The summed E-state index contributed by atoms with van der Waals surface area (Å²) in [5, 5.41) is 9.46. The number of aliphatic hydroxyl groups excluding tert-OH is 1. The van der Waals surface area contributed by atoms with E-state index in [1.807, 2.05) is 0 Å². The van der Waals surface area contributed by atoms with Gasteiger partial charge in [0.2, 0.25) is 10.0 Å². The van der Waals surface area contributed by atoms with E-state index in [2.05, 4.69) is 4.72 Å². The van der Waals surface area contributed by atoms with Gasteiger partial charge in [0.1, 0.15) is 5.82 Å². The first-order chi connectivity index (χ1) is 9.40. The molecule has 1 aromatic heterocycles. The summed E-state index contributed by atoms with van der Waals surface area (Å²) in [5.41, 5.74) is 0.449. The van der Waals surface area contributed by atoms with E-state index in [4.69, 9.17) is 16.0 Å². The summed E-state index contributed by atoms with van der Waals surface area (Å²) in [4.78, 5) is -0.178. The van der Waals surface area contributed by atoms with Crippen molar-refractivity contribution in [1.29, 1.82) is 0 Å². The molecule has 0 aliphatic heterocycles. The van der Waals surface area contributed by atoms with E-state index in [9.17, 15) is 17.9 Å². The van der Waals surface area contributed by atoms with Gasteiger partial charge in [-0.1, -0.05) is 11.6 Å². The molecule has 0 aliphatic carbocycles. The lowest BCUT2D eigenvalue weighted by Gasteiger charge is -2.11. The maximum atomic E-state index is 13.0. The van der Waals surface area contributed by atoms with Crippen molar-refractivity contribution in [3.05, 3.63) is 53.2 Å². The van der Waals surface area contributed by atoms with Crippen LogP contribution in [0.4, 0.5) is 4.39 Å². The lowest BCUT2D eigenvalue weighted by Crippen LogP contribution is -2.28. The third-order valence-electron chi connectivity index (χ3n) is 2.60. The average molecular weight is 320 g/mol. The van der Waals surface area contributed by atoms with Gasteiger partial charge in [0, 0.05) is 12.1 Å². The molecule has 8 heteroatoms. The molecule has 1 aromatic carbocycles. The molecule has 0 unspecified atom stereocenters. The molecule has 0 amide bonds. The summed E-state index contributed by atoms with van der Waals surface area (Å²) in [7, 11) is -3.88. The largest absolute Gasteiger partial charge is 0.472 e. The van der Waals surface area contributed by atoms with Crippen molar-refractivity contribution in [3.8, 4) is 0 Å². The second-order valence-electron chi connectivity index (χ2n) is 4.00. The SMILES string of the molecule is O=S(=O)(NC[C@@H](O)c1ccoc1)c1ccc(F)c(Cl)c1. The Hall–Kier alpha value is -1.41. The normalized spacial score (nSPS) is 13.3. The molecule has 0 spiro atoms. The number of nitrogens with one attached hydrogen (secondary N) is 1. The van der Waals surface area contributed by atoms with Crippen LogP contribution < -0.4 is 4.72 Å². The fourth-order valence-electron chi connectivity index (χ4n) is 1.50. The maximum absolute atomic E-state index is 13.0. The molecular formula is C12H11ClFNO4S. The van der Waals surface area contributed by atoms with Crippen LogP contribution in [0.2, 0.25) is 5.02 Å². The Kier molecular flexibility index (Phi) is 4.44. The van der Waals surface area contributed by atoms with Gasteiger partial charge in [-0.2, -0.15) is 0 Å². The monoisotopic (exact) mass is 319 g/mol. The number of sulfonamides is 1. The number of hydrogen-bond donors (Lipinski definition) is 2. The Morgan fingerprint density at radius 2 is 2.15 bits per heavy atom. The highest BCUT2D eigenvalue weighted by molar-refractivity contribution is 7.89. The van der Waals surface area contributed by atoms with Crippen molar-refractivity contribution in [2.75, 3.05) is 6.54 Å². The van der Waals surface area contributed by atoms with E-state index in [0.29, 0.717) is 5.56 Å². The van der Waals surface area contributed by atoms with Crippen molar-refractivity contribution in [2.24, 2.45) is 0 Å². The molecule has 0 aliphatic rings. The smallest absolute Gasteiger partial charge is 0.240 e. The van der Waals surface area contributed by atoms with Crippen LogP contribution in [-0.2, 0) is 10.0 Å². The fourth-order valence-corrected chi connectivity index (χ4v) is 2.81. The molecule has 2 aromatic rings. The lowest BCUT2D eigenvalue weighted by molar-refractivity contribution is 0.181. The van der Waals surface area contributed by atoms with E-state index in [0.717, 1.165) is 18.2 Å². The van der Waals surface area contributed by atoms with Crippen molar-refractivity contribution in [3.63, 3.8) is 0 Å². The first-order valence-corrected chi connectivity index (χ1v) is 7.41. The quantitative estimate of drug-likeness (QED) is 0.884. The number of benzene rings is 1. The molecule has 1 atom stereocenters. The molecule has 2 N–H and O–H groups in total. The molecule has 0 fully saturated rings. The van der Waals surface area contributed by atoms with Crippen LogP contribution in [0.25, 0.3) is 0 Å². The van der Waals surface area contributed by atoms with Crippen LogP contribution in [0.1, 0.15) is 11.7 Å². The fraction of sp³-hybridized carbons (Fsp3) is 0.167. The molecular weight excluding hydrogens is 309 g/mol. The summed E-state index contributed by atoms with van der Waals surface area (Å²) in [6, 6.07) is 4.58. The van der Waals surface area contributed by atoms with Gasteiger partial charge in [-0.3, -0.25) is 0 Å². The third-order valence-corrected chi connectivity index (χ3v) is 4.31. The molecule has 2 rings (SSSR count). The van der Waals surface area contributed by atoms with Crippen LogP contribution in [0.3, 0.4) is 0 Å². The van der Waals surface area contributed by atoms with Gasteiger partial charge >= 0.3 is 0 Å². The first kappa shape index (κ1) is 15.0. The van der Waals surface area contributed by atoms with Crippen LogP contribution in [-0.4, -0.2) is 20.1 Å². The van der Waals surface area contributed by atoms with Gasteiger partial charge in [-0.15, -0.1) is 0 Å². The summed E-state index contributed by atoms with van der Waals surface area (Å²) in [6.07, 6.45) is 1.64. The highest BCUT2D eigenvalue weighted by atomic mass is 35.5. The number of halogens is 2. The Morgan fingerprint density at radius 3 is 2.75 bits per heavy atom. The van der Waals surface area contributed by atoms with Crippen LogP contribution in [0, 0.1) is 5.82 Å². The molecule has 0 bridgehead atoms. The highest BCUT2D eigenvalue weighted by Crippen LogP contribution is 2.20. The molecule has 1 heterocycles. The van der Waals surface area contributed by atoms with Gasteiger partial charge in [-0.05, 0) is 24.3 Å². The minimum absolute atomic E-state index is 0.178. The summed E-state index contributed by atoms with van der Waals surface area (Å²) >= 11 is 5.53. The first-order valence-electron chi connectivity index (χ1n) is 5.55. The lowest BCUT2D eigenvalue weighted by atomic mass is 10.2. The van der Waals surface area contributed by atoms with Gasteiger partial charge in [0.25, 0.3) is 0 Å². The van der Waals surface area contributed by atoms with Gasteiger partial charge in [-0.25, -0.2) is 17.5 Å². The van der Waals surface area contributed by atoms with E-state index < -0.39 is 21.9 Å². The molecule has 0 saturated heterocycles. The van der Waals surface area contributed by atoms with Gasteiger partial charge < -0.3 is 9.52 Å². The van der Waals surface area contributed by atoms with Gasteiger partial charge in [0.15, 0.2) is 0 Å². The third kappa shape index (κ3) is 3.37. The molecule has 108 valence electrons. The Labute approximate surface area is 120 Å². The highest BCUT2D eigenvalue weighted by Gasteiger charge is 2.18. The Bertz CT molecular complexity index is 687. The molecule has 20 heavy (non-hydrogen) atoms. The number of hydrogen-bond acceptors (Lipinski definition) is 4. The summed E-state index contributed by atoms with van der Waals surface area (Å²) < 4.78 is 43.9. The van der Waals surface area contributed by atoms with Crippen LogP contribution >= 0.6 is 11.6 Å². The molecule has 0 radical (unpaired) electrons. The number of rotatable bonds is 5. The molecule has 5 nitrogen and oxygen atoms in total. The topological polar surface area (TPSA) is 79.5 Å². The van der Waals surface area contributed by atoms with Gasteiger partial charge in [0.05, 0.1) is 28.5 Å².